The first-order valence-corrected chi connectivity index (χ1v) is 7.12. The molecular weight excluding hydrogens is 192 g/mol. The van der Waals surface area contributed by atoms with Gasteiger partial charge in [-0.05, 0) is 29.1 Å². The molecule has 0 rings (SSSR count). The zero-order valence-electron chi connectivity index (χ0n) is 13.0. The highest BCUT2D eigenvalue weighted by atomic mass is 14.5. The minimum atomic E-state index is 0.399. The highest BCUT2D eigenvalue weighted by molar-refractivity contribution is 4.98. The smallest absolute Gasteiger partial charge is 0.0200 e. The number of rotatable bonds is 5. The van der Waals surface area contributed by atoms with Crippen LogP contribution in [-0.2, 0) is 0 Å². The first-order valence-electron chi connectivity index (χ1n) is 7.12. The summed E-state index contributed by atoms with van der Waals surface area (Å²) in [7, 11) is 0. The van der Waals surface area contributed by atoms with Gasteiger partial charge >= 0.3 is 0 Å². The molecule has 0 fully saturated rings. The van der Waals surface area contributed by atoms with E-state index < -0.39 is 0 Å². The molecule has 0 radical (unpaired) electrons. The zero-order valence-corrected chi connectivity index (χ0v) is 13.0. The Morgan fingerprint density at radius 3 is 1.31 bits per heavy atom. The molecule has 0 heteroatoms. The topological polar surface area (TPSA) is 0 Å². The van der Waals surface area contributed by atoms with Crippen molar-refractivity contribution >= 4 is 0 Å². The Labute approximate surface area is 104 Å². The van der Waals surface area contributed by atoms with E-state index in [9.17, 15) is 0 Å². The fourth-order valence-electron chi connectivity index (χ4n) is 3.66. The minimum Gasteiger partial charge on any atom is -0.0654 e. The second kappa shape index (κ2) is 5.56. The summed E-state index contributed by atoms with van der Waals surface area (Å²) in [6, 6.07) is 0. The van der Waals surface area contributed by atoms with Crippen LogP contribution >= 0.6 is 0 Å². The molecule has 0 nitrogen and oxygen atoms in total. The molecule has 0 bridgehead atoms. The molecule has 98 valence electrons. The molecule has 0 aromatic heterocycles. The summed E-state index contributed by atoms with van der Waals surface area (Å²) in [6.07, 6.45) is 6.73. The largest absolute Gasteiger partial charge is 0.0654 e. The van der Waals surface area contributed by atoms with Crippen LogP contribution in [0.3, 0.4) is 0 Å². The second-order valence-electron chi connectivity index (χ2n) is 7.44. The summed E-state index contributed by atoms with van der Waals surface area (Å²) < 4.78 is 0. The molecule has 0 heterocycles. The Morgan fingerprint density at radius 1 is 0.625 bits per heavy atom. The summed E-state index contributed by atoms with van der Waals surface area (Å²) in [5.74, 6) is 0. The summed E-state index contributed by atoms with van der Waals surface area (Å²) in [5, 5.41) is 0. The van der Waals surface area contributed by atoms with Gasteiger partial charge in [-0.2, -0.15) is 0 Å². The van der Waals surface area contributed by atoms with Crippen molar-refractivity contribution in [2.45, 2.75) is 87.5 Å². The molecule has 0 N–H and O–H groups in total. The van der Waals surface area contributed by atoms with Gasteiger partial charge in [0.05, 0.1) is 0 Å². The third kappa shape index (κ3) is 3.25. The van der Waals surface area contributed by atoms with Crippen LogP contribution in [0, 0.1) is 16.2 Å². The van der Waals surface area contributed by atoms with Crippen LogP contribution in [0.1, 0.15) is 87.5 Å². The van der Waals surface area contributed by atoms with Gasteiger partial charge in [-0.25, -0.2) is 0 Å². The monoisotopic (exact) mass is 226 g/mol. The molecule has 16 heavy (non-hydrogen) atoms. The van der Waals surface area contributed by atoms with E-state index in [0.29, 0.717) is 16.2 Å². The quantitative estimate of drug-likeness (QED) is 0.535. The highest BCUT2D eigenvalue weighted by Crippen LogP contribution is 2.57. The second-order valence-corrected chi connectivity index (χ2v) is 7.44. The summed E-state index contributed by atoms with van der Waals surface area (Å²) >= 11 is 0. The highest BCUT2D eigenvalue weighted by Gasteiger charge is 2.48. The molecule has 0 atom stereocenters. The predicted octanol–water partition coefficient (Wildman–Crippen LogP) is 6.06. The van der Waals surface area contributed by atoms with Gasteiger partial charge in [0.25, 0.3) is 0 Å². The first kappa shape index (κ1) is 16.0. The Morgan fingerprint density at radius 2 is 1.06 bits per heavy atom. The molecule has 0 aliphatic heterocycles. The lowest BCUT2D eigenvalue weighted by Crippen LogP contribution is -2.46. The lowest BCUT2D eigenvalue weighted by Gasteiger charge is -2.54. The van der Waals surface area contributed by atoms with E-state index in [0.717, 1.165) is 0 Å². The van der Waals surface area contributed by atoms with E-state index in [2.05, 4.69) is 55.4 Å². The number of hydrogen-bond donors (Lipinski definition) is 0. The average molecular weight is 226 g/mol. The van der Waals surface area contributed by atoms with Crippen molar-refractivity contribution in [2.75, 3.05) is 0 Å². The average Bonchev–Trinajstić information content (AvgIpc) is 2.08. The van der Waals surface area contributed by atoms with E-state index in [1.165, 1.54) is 32.1 Å². The normalized spacial score (nSPS) is 14.2. The maximum absolute atomic E-state index is 2.43. The molecule has 0 amide bonds. The van der Waals surface area contributed by atoms with E-state index in [-0.39, 0.29) is 0 Å². The molecule has 0 saturated heterocycles. The molecule has 0 spiro atoms. The Balaban J connectivity index is 5.23. The van der Waals surface area contributed by atoms with Crippen molar-refractivity contribution in [2.24, 2.45) is 16.2 Å². The Kier molecular flexibility index (Phi) is 5.56. The summed E-state index contributed by atoms with van der Waals surface area (Å²) in [5.41, 5.74) is 1.28. The summed E-state index contributed by atoms with van der Waals surface area (Å²) in [4.78, 5) is 0. The van der Waals surface area contributed by atoms with Crippen LogP contribution in [0.15, 0.2) is 0 Å². The maximum Gasteiger partial charge on any atom is -0.0200 e. The van der Waals surface area contributed by atoms with Crippen molar-refractivity contribution in [1.82, 2.24) is 0 Å². The lowest BCUT2D eigenvalue weighted by atomic mass is 9.50. The fourth-order valence-corrected chi connectivity index (χ4v) is 3.66. The van der Waals surface area contributed by atoms with Gasteiger partial charge in [0.15, 0.2) is 0 Å². The van der Waals surface area contributed by atoms with E-state index in [1.54, 1.807) is 0 Å². The third-order valence-corrected chi connectivity index (χ3v) is 4.51. The molecular formula is C16H34. The Hall–Kier alpha value is 0. The van der Waals surface area contributed by atoms with E-state index >= 15 is 0 Å². The van der Waals surface area contributed by atoms with Crippen molar-refractivity contribution in [3.8, 4) is 0 Å². The first-order chi connectivity index (χ1) is 7.12. The predicted molar refractivity (Wildman–Crippen MR) is 75.8 cm³/mol. The molecule has 0 aromatic carbocycles. The van der Waals surface area contributed by atoms with Gasteiger partial charge in [0, 0.05) is 0 Å². The molecule has 0 aliphatic rings. The van der Waals surface area contributed by atoms with Crippen LogP contribution < -0.4 is 0 Å². The van der Waals surface area contributed by atoms with Crippen molar-refractivity contribution in [3.63, 3.8) is 0 Å². The van der Waals surface area contributed by atoms with E-state index in [4.69, 9.17) is 0 Å². The maximum atomic E-state index is 2.43. The van der Waals surface area contributed by atoms with Gasteiger partial charge < -0.3 is 0 Å². The van der Waals surface area contributed by atoms with Gasteiger partial charge in [-0.3, -0.25) is 0 Å². The SMILES string of the molecule is CCCCC(CCC)(C(C)(C)C)C(C)(C)C. The van der Waals surface area contributed by atoms with Gasteiger partial charge in [0.1, 0.15) is 0 Å². The third-order valence-electron chi connectivity index (χ3n) is 4.51. The van der Waals surface area contributed by atoms with Crippen molar-refractivity contribution in [3.05, 3.63) is 0 Å². The number of unbranched alkanes of at least 4 members (excludes halogenated alkanes) is 1. The molecule has 0 aromatic rings. The lowest BCUT2D eigenvalue weighted by molar-refractivity contribution is -0.0504. The van der Waals surface area contributed by atoms with Crippen LogP contribution in [0.5, 0.6) is 0 Å². The minimum absolute atomic E-state index is 0.399. The van der Waals surface area contributed by atoms with Gasteiger partial charge in [-0.15, -0.1) is 0 Å². The Bertz CT molecular complexity index is 173. The molecule has 0 unspecified atom stereocenters. The standard InChI is InChI=1S/C16H34/c1-9-11-13-16(12-10-2,14(3,4)5)15(6,7)8/h9-13H2,1-8H3. The van der Waals surface area contributed by atoms with Crippen LogP contribution in [0.25, 0.3) is 0 Å². The van der Waals surface area contributed by atoms with Crippen LogP contribution in [0.2, 0.25) is 0 Å². The zero-order chi connectivity index (χ0) is 13.0. The number of hydrogen-bond acceptors (Lipinski definition) is 0. The molecule has 0 saturated carbocycles. The summed E-state index contributed by atoms with van der Waals surface area (Å²) in [6.45, 7) is 19.2. The van der Waals surface area contributed by atoms with Crippen LogP contribution in [0.4, 0.5) is 0 Å². The van der Waals surface area contributed by atoms with Crippen molar-refractivity contribution in [1.29, 1.82) is 0 Å². The molecule has 0 aliphatic carbocycles. The van der Waals surface area contributed by atoms with Crippen LogP contribution in [-0.4, -0.2) is 0 Å². The fraction of sp³-hybridized carbons (Fsp3) is 1.00. The van der Waals surface area contributed by atoms with Gasteiger partial charge in [0.2, 0.25) is 0 Å². The van der Waals surface area contributed by atoms with E-state index in [1.807, 2.05) is 0 Å². The van der Waals surface area contributed by atoms with Crippen molar-refractivity contribution < 1.29 is 0 Å². The van der Waals surface area contributed by atoms with Gasteiger partial charge in [-0.1, -0.05) is 74.7 Å².